The van der Waals surface area contributed by atoms with E-state index >= 15 is 0 Å². The Morgan fingerprint density at radius 2 is 1.76 bits per heavy atom. The second-order valence-corrected chi connectivity index (χ2v) is 10.6. The van der Waals surface area contributed by atoms with Gasteiger partial charge in [-0.25, -0.2) is 9.97 Å². The summed E-state index contributed by atoms with van der Waals surface area (Å²) in [6.45, 7) is 10.1. The summed E-state index contributed by atoms with van der Waals surface area (Å²) >= 11 is 7.92. The smallest absolute Gasteiger partial charge is 0.253 e. The zero-order valence-electron chi connectivity index (χ0n) is 21.7. The van der Waals surface area contributed by atoms with Gasteiger partial charge in [-0.15, -0.1) is 0 Å². The van der Waals surface area contributed by atoms with Gasteiger partial charge in [-0.1, -0.05) is 41.6 Å². The minimum atomic E-state index is 0.0563. The number of rotatable bonds is 9. The molecule has 0 aliphatic carbocycles. The maximum absolute atomic E-state index is 12.7. The van der Waals surface area contributed by atoms with Crippen molar-refractivity contribution in [3.63, 3.8) is 0 Å². The minimum absolute atomic E-state index is 0.0563. The molecule has 1 saturated heterocycles. The fraction of sp³-hybridized carbons (Fsp3) is 0.393. The van der Waals surface area contributed by atoms with Gasteiger partial charge in [0.2, 0.25) is 6.79 Å². The van der Waals surface area contributed by atoms with E-state index in [0.29, 0.717) is 41.5 Å². The molecule has 10 heteroatoms. The third kappa shape index (κ3) is 6.34. The maximum atomic E-state index is 12.7. The summed E-state index contributed by atoms with van der Waals surface area (Å²) in [6, 6.07) is 15.8. The van der Waals surface area contributed by atoms with Gasteiger partial charge < -0.3 is 19.3 Å². The lowest BCUT2D eigenvalue weighted by atomic mass is 10.1. The lowest BCUT2D eigenvalue weighted by Crippen LogP contribution is -2.46. The maximum Gasteiger partial charge on any atom is 0.253 e. The summed E-state index contributed by atoms with van der Waals surface area (Å²) in [5.41, 5.74) is 2.97. The van der Waals surface area contributed by atoms with Gasteiger partial charge in [0, 0.05) is 63.2 Å². The molecule has 1 aromatic heterocycles. The number of halogens is 1. The number of hydrogen-bond donors (Lipinski definition) is 0. The van der Waals surface area contributed by atoms with Crippen LogP contribution in [0.25, 0.3) is 0 Å². The largest absolute Gasteiger partial charge is 0.454 e. The first-order chi connectivity index (χ1) is 18.5. The molecule has 8 nitrogen and oxygen atoms in total. The van der Waals surface area contributed by atoms with Crippen LogP contribution in [0, 0.1) is 0 Å². The van der Waals surface area contributed by atoms with Crippen LogP contribution in [0.2, 0.25) is 5.15 Å². The van der Waals surface area contributed by atoms with Crippen molar-refractivity contribution in [3.8, 4) is 11.5 Å². The van der Waals surface area contributed by atoms with Crippen LogP contribution in [0.15, 0.2) is 53.7 Å². The Bertz CT molecular complexity index is 1280. The number of thioether (sulfide) groups is 1. The highest BCUT2D eigenvalue weighted by molar-refractivity contribution is 7.98. The van der Waals surface area contributed by atoms with E-state index in [1.54, 1.807) is 0 Å². The lowest BCUT2D eigenvalue weighted by Gasteiger charge is -2.35. The molecule has 0 N–H and O–H groups in total. The minimum Gasteiger partial charge on any atom is -0.454 e. The standard InChI is InChI=1S/C28H32ClN5O3S/c1-3-33(4-2)27(35)22-7-5-6-21(14-22)18-38-28-30-25(29)16-26(31-28)34-12-10-32(11-13-34)17-20-8-9-23-24(15-20)37-19-36-23/h5-9,14-16H,3-4,10-13,17-19H2,1-2H3. The molecule has 0 bridgehead atoms. The van der Waals surface area contributed by atoms with Crippen molar-refractivity contribution in [1.82, 2.24) is 19.8 Å². The predicted octanol–water partition coefficient (Wildman–Crippen LogP) is 4.96. The van der Waals surface area contributed by atoms with Gasteiger partial charge >= 0.3 is 0 Å². The van der Waals surface area contributed by atoms with Crippen LogP contribution in [0.5, 0.6) is 11.5 Å². The number of carbonyl (C=O) groups excluding carboxylic acids is 1. The molecule has 0 atom stereocenters. The van der Waals surface area contributed by atoms with Crippen molar-refractivity contribution < 1.29 is 14.3 Å². The SMILES string of the molecule is CCN(CC)C(=O)c1cccc(CSc2nc(Cl)cc(N3CCN(Cc4ccc5c(c4)OCO5)CC3)n2)c1. The molecular weight excluding hydrogens is 522 g/mol. The summed E-state index contributed by atoms with van der Waals surface area (Å²) in [5, 5.41) is 1.07. The van der Waals surface area contributed by atoms with Crippen LogP contribution >= 0.6 is 23.4 Å². The van der Waals surface area contributed by atoms with Crippen molar-refractivity contribution in [2.45, 2.75) is 31.3 Å². The third-order valence-electron chi connectivity index (χ3n) is 6.79. The second-order valence-electron chi connectivity index (χ2n) is 9.25. The van der Waals surface area contributed by atoms with E-state index in [0.717, 1.165) is 55.6 Å². The van der Waals surface area contributed by atoms with Crippen LogP contribution < -0.4 is 14.4 Å². The number of nitrogens with zero attached hydrogens (tertiary/aromatic N) is 5. The van der Waals surface area contributed by atoms with E-state index < -0.39 is 0 Å². The van der Waals surface area contributed by atoms with Gasteiger partial charge in [0.05, 0.1) is 0 Å². The summed E-state index contributed by atoms with van der Waals surface area (Å²) in [6.07, 6.45) is 0. The number of hydrogen-bond acceptors (Lipinski definition) is 8. The Hall–Kier alpha value is -3.01. The van der Waals surface area contributed by atoms with Gasteiger partial charge in [0.1, 0.15) is 11.0 Å². The average molecular weight is 554 g/mol. The number of benzene rings is 2. The van der Waals surface area contributed by atoms with Crippen molar-refractivity contribution in [2.75, 3.05) is 51.0 Å². The molecule has 0 spiro atoms. The van der Waals surface area contributed by atoms with Crippen molar-refractivity contribution in [2.24, 2.45) is 0 Å². The van der Waals surface area contributed by atoms with E-state index in [9.17, 15) is 4.79 Å². The number of carbonyl (C=O) groups is 1. The monoisotopic (exact) mass is 553 g/mol. The van der Waals surface area contributed by atoms with Gasteiger partial charge in [-0.3, -0.25) is 9.69 Å². The number of ether oxygens (including phenoxy) is 2. The zero-order valence-corrected chi connectivity index (χ0v) is 23.3. The highest BCUT2D eigenvalue weighted by Gasteiger charge is 2.21. The Balaban J connectivity index is 1.18. The topological polar surface area (TPSA) is 71.0 Å². The van der Waals surface area contributed by atoms with Crippen LogP contribution in [-0.4, -0.2) is 71.7 Å². The van der Waals surface area contributed by atoms with Crippen molar-refractivity contribution in [3.05, 3.63) is 70.4 Å². The molecule has 0 saturated carbocycles. The van der Waals surface area contributed by atoms with Crippen LogP contribution in [-0.2, 0) is 12.3 Å². The first-order valence-corrected chi connectivity index (χ1v) is 14.3. The van der Waals surface area contributed by atoms with E-state index in [4.69, 9.17) is 26.1 Å². The molecule has 38 heavy (non-hydrogen) atoms. The highest BCUT2D eigenvalue weighted by atomic mass is 35.5. The lowest BCUT2D eigenvalue weighted by molar-refractivity contribution is 0.0773. The number of aromatic nitrogens is 2. The number of fused-ring (bicyclic) bond motifs is 1. The van der Waals surface area contributed by atoms with Crippen LogP contribution in [0.3, 0.4) is 0 Å². The average Bonchev–Trinajstić information content (AvgIpc) is 3.41. The third-order valence-corrected chi connectivity index (χ3v) is 7.90. The molecule has 0 radical (unpaired) electrons. The van der Waals surface area contributed by atoms with Crippen LogP contribution in [0.4, 0.5) is 5.82 Å². The Kier molecular flexibility index (Phi) is 8.56. The summed E-state index contributed by atoms with van der Waals surface area (Å²) in [7, 11) is 0. The molecule has 1 fully saturated rings. The number of amides is 1. The van der Waals surface area contributed by atoms with Crippen molar-refractivity contribution >= 4 is 35.1 Å². The molecule has 1 amide bonds. The Morgan fingerprint density at radius 3 is 2.55 bits per heavy atom. The molecule has 2 aliphatic rings. The normalized spacial score (nSPS) is 15.1. The fourth-order valence-corrected chi connectivity index (χ4v) is 5.70. The van der Waals surface area contributed by atoms with Crippen LogP contribution in [0.1, 0.15) is 35.3 Å². The quantitative estimate of drug-likeness (QED) is 0.209. The van der Waals surface area contributed by atoms with E-state index in [-0.39, 0.29) is 5.91 Å². The number of anilines is 1. The highest BCUT2D eigenvalue weighted by Crippen LogP contribution is 2.33. The molecular formula is C28H32ClN5O3S. The zero-order chi connectivity index (χ0) is 26.5. The molecule has 2 aliphatic heterocycles. The van der Waals surface area contributed by atoms with E-state index in [1.807, 2.05) is 55.1 Å². The molecule has 3 heterocycles. The first-order valence-electron chi connectivity index (χ1n) is 12.9. The predicted molar refractivity (Wildman–Crippen MR) is 150 cm³/mol. The van der Waals surface area contributed by atoms with Gasteiger partial charge in [0.25, 0.3) is 5.91 Å². The van der Waals surface area contributed by atoms with Crippen molar-refractivity contribution in [1.29, 1.82) is 0 Å². The Labute approximate surface area is 232 Å². The van der Waals surface area contributed by atoms with E-state index in [2.05, 4.69) is 26.9 Å². The molecule has 200 valence electrons. The fourth-order valence-electron chi connectivity index (χ4n) is 4.68. The first kappa shape index (κ1) is 26.6. The summed E-state index contributed by atoms with van der Waals surface area (Å²) < 4.78 is 10.9. The Morgan fingerprint density at radius 1 is 0.974 bits per heavy atom. The van der Waals surface area contributed by atoms with E-state index in [1.165, 1.54) is 17.3 Å². The van der Waals surface area contributed by atoms with Gasteiger partial charge in [-0.2, -0.15) is 0 Å². The molecule has 5 rings (SSSR count). The van der Waals surface area contributed by atoms with Gasteiger partial charge in [-0.05, 0) is 49.2 Å². The molecule has 0 unspecified atom stereocenters. The molecule has 3 aromatic rings. The second kappa shape index (κ2) is 12.2. The van der Waals surface area contributed by atoms with Gasteiger partial charge in [0.15, 0.2) is 16.7 Å². The number of piperazine rings is 1. The molecule has 2 aromatic carbocycles. The summed E-state index contributed by atoms with van der Waals surface area (Å²) in [5.74, 6) is 3.20. The summed E-state index contributed by atoms with van der Waals surface area (Å²) in [4.78, 5) is 28.5.